The van der Waals surface area contributed by atoms with Gasteiger partial charge in [0.15, 0.2) is 0 Å². The van der Waals surface area contributed by atoms with Gasteiger partial charge in [0.1, 0.15) is 5.82 Å². The molecule has 3 aromatic rings. The van der Waals surface area contributed by atoms with Crippen LogP contribution in [-0.2, 0) is 6.42 Å². The van der Waals surface area contributed by atoms with E-state index in [2.05, 4.69) is 71.1 Å². The van der Waals surface area contributed by atoms with Gasteiger partial charge in [0.25, 0.3) is 0 Å². The highest BCUT2D eigenvalue weighted by atomic mass is 15.1. The van der Waals surface area contributed by atoms with Gasteiger partial charge in [-0.05, 0) is 80.6 Å². The fraction of sp³-hybridized carbons (Fsp3) is 0.375. The van der Waals surface area contributed by atoms with Crippen molar-refractivity contribution in [3.63, 3.8) is 0 Å². The quantitative estimate of drug-likeness (QED) is 0.368. The highest BCUT2D eigenvalue weighted by Gasteiger charge is 2.07. The number of nitrogens with zero attached hydrogens (tertiary/aromatic N) is 4. The lowest BCUT2D eigenvalue weighted by Crippen LogP contribution is -2.25. The highest BCUT2D eigenvalue weighted by Crippen LogP contribution is 2.29. The van der Waals surface area contributed by atoms with E-state index in [-0.39, 0.29) is 0 Å². The van der Waals surface area contributed by atoms with Crippen LogP contribution in [0.4, 0.5) is 11.5 Å². The number of anilines is 1. The molecule has 0 radical (unpaired) electrons. The zero-order valence-electron chi connectivity index (χ0n) is 18.1. The molecule has 0 fully saturated rings. The Labute approximate surface area is 179 Å². The van der Waals surface area contributed by atoms with Crippen molar-refractivity contribution in [2.24, 2.45) is 10.7 Å². The lowest BCUT2D eigenvalue weighted by Gasteiger charge is -2.17. The molecule has 158 valence electrons. The maximum absolute atomic E-state index is 5.70. The molecule has 2 aromatic carbocycles. The Kier molecular flexibility index (Phi) is 7.88. The minimum atomic E-state index is 0.595. The topological polar surface area (TPSA) is 79.4 Å². The molecule has 0 atom stereocenters. The van der Waals surface area contributed by atoms with Gasteiger partial charge >= 0.3 is 0 Å². The molecule has 3 rings (SSSR count). The number of benzene rings is 2. The van der Waals surface area contributed by atoms with Crippen LogP contribution in [0.1, 0.15) is 25.8 Å². The number of aliphatic imine (C=N–C) groups is 1. The van der Waals surface area contributed by atoms with Gasteiger partial charge in [0.05, 0.1) is 22.9 Å². The van der Waals surface area contributed by atoms with E-state index in [0.29, 0.717) is 6.54 Å². The summed E-state index contributed by atoms with van der Waals surface area (Å²) in [5.41, 5.74) is 11.6. The Morgan fingerprint density at radius 2 is 1.83 bits per heavy atom. The maximum atomic E-state index is 5.70. The Morgan fingerprint density at radius 1 is 1.07 bits per heavy atom. The second-order valence-corrected chi connectivity index (χ2v) is 7.31. The van der Waals surface area contributed by atoms with E-state index in [1.165, 1.54) is 0 Å². The number of hydrogen-bond acceptors (Lipinski definition) is 6. The lowest BCUT2D eigenvalue weighted by atomic mass is 10.0. The Bertz CT molecular complexity index is 981. The second kappa shape index (κ2) is 10.8. The molecule has 0 saturated carbocycles. The van der Waals surface area contributed by atoms with Gasteiger partial charge in [-0.3, -0.25) is 9.98 Å². The molecule has 1 aromatic heterocycles. The van der Waals surface area contributed by atoms with E-state index >= 15 is 0 Å². The van der Waals surface area contributed by atoms with E-state index in [0.717, 1.165) is 78.2 Å². The van der Waals surface area contributed by atoms with E-state index < -0.39 is 0 Å². The predicted octanol–water partition coefficient (Wildman–Crippen LogP) is 4.27. The van der Waals surface area contributed by atoms with Crippen molar-refractivity contribution in [2.75, 3.05) is 38.0 Å². The van der Waals surface area contributed by atoms with Crippen LogP contribution in [-0.4, -0.2) is 54.3 Å². The largest absolute Gasteiger partial charge is 0.369 e. The summed E-state index contributed by atoms with van der Waals surface area (Å²) >= 11 is 0. The Hall–Kier alpha value is -2.83. The average Bonchev–Trinajstić information content (AvgIpc) is 2.79. The lowest BCUT2D eigenvalue weighted by molar-refractivity contribution is 0.303. The SMILES string of the molecule is C=Nc1cc(-c2ccc3ncc(NCCCN(CC)CC)nc3c2)ccc1CCN. The molecular formula is C24H32N6. The van der Waals surface area contributed by atoms with Crippen molar-refractivity contribution in [2.45, 2.75) is 26.7 Å². The molecule has 0 aliphatic rings. The maximum Gasteiger partial charge on any atom is 0.145 e. The molecule has 0 saturated heterocycles. The summed E-state index contributed by atoms with van der Waals surface area (Å²) in [4.78, 5) is 15.9. The molecule has 6 nitrogen and oxygen atoms in total. The number of nitrogens with one attached hydrogen (secondary N) is 1. The molecule has 0 unspecified atom stereocenters. The second-order valence-electron chi connectivity index (χ2n) is 7.31. The first-order valence-electron chi connectivity index (χ1n) is 10.7. The molecule has 30 heavy (non-hydrogen) atoms. The van der Waals surface area contributed by atoms with E-state index in [1.54, 1.807) is 6.20 Å². The minimum Gasteiger partial charge on any atom is -0.369 e. The van der Waals surface area contributed by atoms with Crippen LogP contribution >= 0.6 is 0 Å². The van der Waals surface area contributed by atoms with Crippen LogP contribution in [0.25, 0.3) is 22.2 Å². The van der Waals surface area contributed by atoms with Crippen LogP contribution in [0.2, 0.25) is 0 Å². The molecule has 0 amide bonds. The van der Waals surface area contributed by atoms with Crippen molar-refractivity contribution in [3.8, 4) is 11.1 Å². The summed E-state index contributed by atoms with van der Waals surface area (Å²) in [5, 5.41) is 3.40. The molecule has 0 spiro atoms. The first kappa shape index (κ1) is 21.9. The van der Waals surface area contributed by atoms with Crippen LogP contribution in [0, 0.1) is 0 Å². The molecular weight excluding hydrogens is 372 g/mol. The number of fused-ring (bicyclic) bond motifs is 1. The summed E-state index contributed by atoms with van der Waals surface area (Å²) < 4.78 is 0. The fourth-order valence-electron chi connectivity index (χ4n) is 3.59. The number of nitrogens with two attached hydrogens (primary N) is 1. The van der Waals surface area contributed by atoms with Gasteiger partial charge in [-0.2, -0.15) is 0 Å². The molecule has 1 heterocycles. The third-order valence-electron chi connectivity index (χ3n) is 5.40. The van der Waals surface area contributed by atoms with Crippen LogP contribution in [0.5, 0.6) is 0 Å². The van der Waals surface area contributed by atoms with Crippen LogP contribution in [0.15, 0.2) is 47.6 Å². The molecule has 0 aliphatic carbocycles. The zero-order chi connectivity index (χ0) is 21.3. The zero-order valence-corrected chi connectivity index (χ0v) is 18.1. The number of rotatable bonds is 11. The van der Waals surface area contributed by atoms with Crippen LogP contribution < -0.4 is 11.1 Å². The predicted molar refractivity (Wildman–Crippen MR) is 128 cm³/mol. The number of aromatic nitrogens is 2. The van der Waals surface area contributed by atoms with Gasteiger partial charge in [-0.25, -0.2) is 4.98 Å². The van der Waals surface area contributed by atoms with Crippen molar-refractivity contribution in [3.05, 3.63) is 48.2 Å². The third-order valence-corrected chi connectivity index (χ3v) is 5.40. The first-order valence-corrected chi connectivity index (χ1v) is 10.7. The normalized spacial score (nSPS) is 11.2. The summed E-state index contributed by atoms with van der Waals surface area (Å²) in [5.74, 6) is 0.811. The third kappa shape index (κ3) is 5.40. The monoisotopic (exact) mass is 404 g/mol. The first-order chi connectivity index (χ1) is 14.7. The standard InChI is InChI=1S/C24H32N6/c1-4-30(5-2)14-6-13-27-24-17-28-21-10-9-20(16-23(21)29-24)19-8-7-18(11-12-25)22(15-19)26-3/h7-10,15-17H,3-6,11-14,25H2,1-2H3,(H,27,29). The fourth-order valence-corrected chi connectivity index (χ4v) is 3.59. The van der Waals surface area contributed by atoms with Gasteiger partial charge in [-0.1, -0.05) is 32.0 Å². The molecule has 6 heteroatoms. The summed E-state index contributed by atoms with van der Waals surface area (Å²) in [6.45, 7) is 12.8. The van der Waals surface area contributed by atoms with Crippen molar-refractivity contribution in [1.29, 1.82) is 0 Å². The van der Waals surface area contributed by atoms with Crippen molar-refractivity contribution in [1.82, 2.24) is 14.9 Å². The Balaban J connectivity index is 1.76. The van der Waals surface area contributed by atoms with E-state index in [4.69, 9.17) is 10.7 Å². The smallest absolute Gasteiger partial charge is 0.145 e. The summed E-state index contributed by atoms with van der Waals surface area (Å²) in [6, 6.07) is 12.4. The molecule has 3 N–H and O–H groups in total. The molecule has 0 bridgehead atoms. The minimum absolute atomic E-state index is 0.595. The van der Waals surface area contributed by atoms with E-state index in [9.17, 15) is 0 Å². The van der Waals surface area contributed by atoms with Gasteiger partial charge in [0.2, 0.25) is 0 Å². The van der Waals surface area contributed by atoms with Crippen LogP contribution in [0.3, 0.4) is 0 Å². The highest BCUT2D eigenvalue weighted by molar-refractivity contribution is 5.83. The van der Waals surface area contributed by atoms with Gasteiger partial charge in [0, 0.05) is 6.54 Å². The Morgan fingerprint density at radius 3 is 2.57 bits per heavy atom. The van der Waals surface area contributed by atoms with Crippen molar-refractivity contribution >= 4 is 29.3 Å². The average molecular weight is 405 g/mol. The van der Waals surface area contributed by atoms with Gasteiger partial charge in [-0.15, -0.1) is 0 Å². The van der Waals surface area contributed by atoms with E-state index in [1.807, 2.05) is 6.07 Å². The summed E-state index contributed by atoms with van der Waals surface area (Å²) in [7, 11) is 0. The summed E-state index contributed by atoms with van der Waals surface area (Å²) in [6.07, 6.45) is 3.68. The molecule has 0 aliphatic heterocycles. The van der Waals surface area contributed by atoms with Gasteiger partial charge < -0.3 is 16.0 Å². The number of hydrogen-bond donors (Lipinski definition) is 2. The van der Waals surface area contributed by atoms with Crippen molar-refractivity contribution < 1.29 is 0 Å².